The zero-order chi connectivity index (χ0) is 11.9. The Kier molecular flexibility index (Phi) is 6.32. The van der Waals surface area contributed by atoms with Crippen LogP contribution in [0.4, 0.5) is 0 Å². The summed E-state index contributed by atoms with van der Waals surface area (Å²) < 4.78 is 11.1. The van der Waals surface area contributed by atoms with E-state index in [4.69, 9.17) is 9.47 Å². The minimum Gasteiger partial charge on any atom is -0.381 e. The van der Waals surface area contributed by atoms with Gasteiger partial charge in [0.15, 0.2) is 0 Å². The van der Waals surface area contributed by atoms with Crippen molar-refractivity contribution in [2.45, 2.75) is 58.1 Å². The minimum atomic E-state index is 0.238. The van der Waals surface area contributed by atoms with Gasteiger partial charge in [0.05, 0.1) is 6.10 Å². The van der Waals surface area contributed by atoms with Crippen LogP contribution in [-0.4, -0.2) is 38.0 Å². The second kappa shape index (κ2) is 7.25. The first-order valence-electron chi connectivity index (χ1n) is 6.52. The Hall–Kier alpha value is -0.120. The number of unbranched alkanes of at least 4 members (excludes halogenated alkanes) is 1. The van der Waals surface area contributed by atoms with E-state index in [0.29, 0.717) is 6.10 Å². The largest absolute Gasteiger partial charge is 0.381 e. The van der Waals surface area contributed by atoms with E-state index >= 15 is 0 Å². The maximum atomic E-state index is 5.81. The molecule has 1 saturated heterocycles. The number of hydrogen-bond acceptors (Lipinski definition) is 3. The monoisotopic (exact) mass is 229 g/mol. The van der Waals surface area contributed by atoms with Gasteiger partial charge in [0.1, 0.15) is 0 Å². The average molecular weight is 229 g/mol. The fraction of sp³-hybridized carbons (Fsp3) is 1.00. The fourth-order valence-corrected chi connectivity index (χ4v) is 1.78. The Morgan fingerprint density at radius 3 is 2.50 bits per heavy atom. The Balaban J connectivity index is 1.87. The highest BCUT2D eigenvalue weighted by molar-refractivity contribution is 4.69. The van der Waals surface area contributed by atoms with Gasteiger partial charge in [-0.25, -0.2) is 0 Å². The van der Waals surface area contributed by atoms with Crippen molar-refractivity contribution in [1.29, 1.82) is 0 Å². The summed E-state index contributed by atoms with van der Waals surface area (Å²) >= 11 is 0. The van der Waals surface area contributed by atoms with Gasteiger partial charge in [0.25, 0.3) is 0 Å². The van der Waals surface area contributed by atoms with E-state index in [1.807, 2.05) is 0 Å². The Morgan fingerprint density at radius 2 is 1.88 bits per heavy atom. The van der Waals surface area contributed by atoms with E-state index in [9.17, 15) is 0 Å². The number of rotatable bonds is 6. The minimum absolute atomic E-state index is 0.238. The van der Waals surface area contributed by atoms with Gasteiger partial charge in [0.2, 0.25) is 0 Å². The van der Waals surface area contributed by atoms with Crippen molar-refractivity contribution < 1.29 is 9.47 Å². The highest BCUT2D eigenvalue weighted by Crippen LogP contribution is 2.11. The van der Waals surface area contributed by atoms with Crippen LogP contribution in [0, 0.1) is 0 Å². The van der Waals surface area contributed by atoms with Crippen LogP contribution in [-0.2, 0) is 9.47 Å². The van der Waals surface area contributed by atoms with E-state index in [0.717, 1.165) is 45.6 Å². The molecule has 0 unspecified atom stereocenters. The van der Waals surface area contributed by atoms with Crippen molar-refractivity contribution in [2.75, 3.05) is 26.4 Å². The molecule has 0 radical (unpaired) electrons. The number of hydrogen-bond donors (Lipinski definition) is 1. The average Bonchev–Trinajstić information content (AvgIpc) is 2.23. The summed E-state index contributed by atoms with van der Waals surface area (Å²) in [5, 5.41) is 3.48. The lowest BCUT2D eigenvalue weighted by molar-refractivity contribution is -0.0326. The Labute approximate surface area is 99.9 Å². The van der Waals surface area contributed by atoms with Gasteiger partial charge in [-0.2, -0.15) is 0 Å². The first-order chi connectivity index (χ1) is 7.58. The van der Waals surface area contributed by atoms with Crippen molar-refractivity contribution in [3.8, 4) is 0 Å². The molecular weight excluding hydrogens is 202 g/mol. The van der Waals surface area contributed by atoms with Crippen molar-refractivity contribution in [3.05, 3.63) is 0 Å². The molecule has 1 aliphatic rings. The molecule has 96 valence electrons. The van der Waals surface area contributed by atoms with Crippen LogP contribution in [0.25, 0.3) is 0 Å². The van der Waals surface area contributed by atoms with Gasteiger partial charge in [-0.05, 0) is 53.0 Å². The summed E-state index contributed by atoms with van der Waals surface area (Å²) in [5.41, 5.74) is 0.238. The molecule has 0 aromatic carbocycles. The van der Waals surface area contributed by atoms with Crippen LogP contribution in [0.3, 0.4) is 0 Å². The predicted molar refractivity (Wildman–Crippen MR) is 66.8 cm³/mol. The molecule has 3 nitrogen and oxygen atoms in total. The smallest absolute Gasteiger partial charge is 0.0619 e. The molecule has 0 amide bonds. The Bertz CT molecular complexity index is 171. The molecule has 0 atom stereocenters. The fourth-order valence-electron chi connectivity index (χ4n) is 1.78. The van der Waals surface area contributed by atoms with Gasteiger partial charge >= 0.3 is 0 Å². The summed E-state index contributed by atoms with van der Waals surface area (Å²) in [4.78, 5) is 0. The highest BCUT2D eigenvalue weighted by atomic mass is 16.5. The summed E-state index contributed by atoms with van der Waals surface area (Å²) in [7, 11) is 0. The maximum Gasteiger partial charge on any atom is 0.0619 e. The molecule has 0 aliphatic carbocycles. The zero-order valence-corrected chi connectivity index (χ0v) is 11.1. The topological polar surface area (TPSA) is 30.5 Å². The zero-order valence-electron chi connectivity index (χ0n) is 11.1. The molecule has 1 aliphatic heterocycles. The third-order valence-corrected chi connectivity index (χ3v) is 2.75. The van der Waals surface area contributed by atoms with Gasteiger partial charge in [-0.1, -0.05) is 0 Å². The van der Waals surface area contributed by atoms with E-state index in [1.54, 1.807) is 0 Å². The summed E-state index contributed by atoms with van der Waals surface area (Å²) in [5.74, 6) is 0. The van der Waals surface area contributed by atoms with Crippen molar-refractivity contribution in [3.63, 3.8) is 0 Å². The lowest BCUT2D eigenvalue weighted by Crippen LogP contribution is -2.36. The van der Waals surface area contributed by atoms with Crippen LogP contribution in [0.5, 0.6) is 0 Å². The lowest BCUT2D eigenvalue weighted by atomic mass is 10.1. The van der Waals surface area contributed by atoms with Gasteiger partial charge in [0, 0.05) is 25.4 Å². The molecule has 0 aromatic rings. The van der Waals surface area contributed by atoms with Crippen LogP contribution in [0.15, 0.2) is 0 Å². The second-order valence-electron chi connectivity index (χ2n) is 5.57. The van der Waals surface area contributed by atoms with Gasteiger partial charge < -0.3 is 14.8 Å². The Morgan fingerprint density at radius 1 is 1.19 bits per heavy atom. The molecule has 1 N–H and O–H groups in total. The first kappa shape index (κ1) is 13.9. The second-order valence-corrected chi connectivity index (χ2v) is 5.57. The summed E-state index contributed by atoms with van der Waals surface area (Å²) in [6.45, 7) is 10.3. The molecule has 16 heavy (non-hydrogen) atoms. The molecule has 1 rings (SSSR count). The van der Waals surface area contributed by atoms with Crippen molar-refractivity contribution >= 4 is 0 Å². The molecule has 1 fully saturated rings. The normalized spacial score (nSPS) is 18.9. The van der Waals surface area contributed by atoms with E-state index < -0.39 is 0 Å². The van der Waals surface area contributed by atoms with Crippen LogP contribution >= 0.6 is 0 Å². The van der Waals surface area contributed by atoms with E-state index in [2.05, 4.69) is 26.1 Å². The molecule has 1 heterocycles. The SMILES string of the molecule is CC(C)(C)NCCCCOC1CCOCC1. The number of ether oxygens (including phenoxy) is 2. The van der Waals surface area contributed by atoms with E-state index in [1.165, 1.54) is 6.42 Å². The molecule has 3 heteroatoms. The van der Waals surface area contributed by atoms with Gasteiger partial charge in [-0.3, -0.25) is 0 Å². The predicted octanol–water partition coefficient (Wildman–Crippen LogP) is 2.35. The highest BCUT2D eigenvalue weighted by Gasteiger charge is 2.13. The molecule has 0 bridgehead atoms. The van der Waals surface area contributed by atoms with Crippen LogP contribution < -0.4 is 5.32 Å². The molecular formula is C13H27NO2. The molecule has 0 spiro atoms. The van der Waals surface area contributed by atoms with E-state index in [-0.39, 0.29) is 5.54 Å². The quantitative estimate of drug-likeness (QED) is 0.709. The third-order valence-electron chi connectivity index (χ3n) is 2.75. The maximum absolute atomic E-state index is 5.81. The number of nitrogens with one attached hydrogen (secondary N) is 1. The standard InChI is InChI=1S/C13H27NO2/c1-13(2,3)14-8-4-5-9-16-12-6-10-15-11-7-12/h12,14H,4-11H2,1-3H3. The third kappa shape index (κ3) is 7.20. The van der Waals surface area contributed by atoms with Crippen molar-refractivity contribution in [2.24, 2.45) is 0 Å². The first-order valence-corrected chi connectivity index (χ1v) is 6.52. The summed E-state index contributed by atoms with van der Waals surface area (Å²) in [6.07, 6.45) is 4.94. The van der Waals surface area contributed by atoms with Gasteiger partial charge in [-0.15, -0.1) is 0 Å². The van der Waals surface area contributed by atoms with Crippen LogP contribution in [0.1, 0.15) is 46.5 Å². The van der Waals surface area contributed by atoms with Crippen molar-refractivity contribution in [1.82, 2.24) is 5.32 Å². The lowest BCUT2D eigenvalue weighted by Gasteiger charge is -2.23. The summed E-state index contributed by atoms with van der Waals surface area (Å²) in [6, 6.07) is 0. The molecule has 0 aromatic heterocycles. The van der Waals surface area contributed by atoms with Crippen LogP contribution in [0.2, 0.25) is 0 Å². The molecule has 0 saturated carbocycles.